The van der Waals surface area contributed by atoms with Crippen LogP contribution in [0, 0.1) is 0 Å². The zero-order chi connectivity index (χ0) is 15.3. The third-order valence-electron chi connectivity index (χ3n) is 4.03. The lowest BCUT2D eigenvalue weighted by atomic mass is 10.1. The zero-order valence-electron chi connectivity index (χ0n) is 11.5. The number of anilines is 1. The van der Waals surface area contributed by atoms with Crippen LogP contribution < -0.4 is 4.90 Å². The first-order valence-electron chi connectivity index (χ1n) is 6.89. The summed E-state index contributed by atoms with van der Waals surface area (Å²) in [5.41, 5.74) is 1.77. The van der Waals surface area contributed by atoms with Gasteiger partial charge in [0.1, 0.15) is 0 Å². The Morgan fingerprint density at radius 2 is 1.36 bits per heavy atom. The molecule has 0 amide bonds. The molecule has 1 aliphatic carbocycles. The minimum Gasteiger partial charge on any atom is -0.441 e. The number of esters is 1. The SMILES string of the molecule is O=C1OCN(C2C(=O)c3ccccc3C2=O)c2ccccc21. The molecule has 0 spiro atoms. The lowest BCUT2D eigenvalue weighted by Gasteiger charge is -2.33. The Bertz CT molecular complexity index is 792. The maximum absolute atomic E-state index is 12.6. The highest BCUT2D eigenvalue weighted by atomic mass is 16.5. The fourth-order valence-electron chi connectivity index (χ4n) is 3.00. The number of ether oxygens (including phenoxy) is 1. The normalized spacial score (nSPS) is 17.3. The number of hydrogen-bond donors (Lipinski definition) is 0. The Morgan fingerprint density at radius 1 is 0.818 bits per heavy atom. The first kappa shape index (κ1) is 12.8. The molecule has 108 valence electrons. The van der Waals surface area contributed by atoms with Crippen molar-refractivity contribution >= 4 is 23.2 Å². The highest BCUT2D eigenvalue weighted by Gasteiger charge is 2.44. The van der Waals surface area contributed by atoms with Crippen molar-refractivity contribution in [2.75, 3.05) is 11.6 Å². The standard InChI is InChI=1S/C17H11NO4/c19-15-10-5-1-2-6-11(10)16(20)14(15)18-9-22-17(21)12-7-3-4-8-13(12)18/h1-8,14H,9H2. The Hall–Kier alpha value is -2.95. The van der Waals surface area contributed by atoms with Gasteiger partial charge in [-0.3, -0.25) is 9.59 Å². The number of benzene rings is 2. The smallest absolute Gasteiger partial charge is 0.341 e. The van der Waals surface area contributed by atoms with Crippen LogP contribution >= 0.6 is 0 Å². The van der Waals surface area contributed by atoms with Crippen LogP contribution in [-0.4, -0.2) is 30.3 Å². The molecule has 5 heteroatoms. The van der Waals surface area contributed by atoms with Crippen molar-refractivity contribution in [1.29, 1.82) is 0 Å². The molecule has 0 radical (unpaired) electrons. The summed E-state index contributed by atoms with van der Waals surface area (Å²) < 4.78 is 5.11. The van der Waals surface area contributed by atoms with Crippen LogP contribution in [0.3, 0.4) is 0 Å². The molecular formula is C17H11NO4. The minimum atomic E-state index is -0.966. The number of fused-ring (bicyclic) bond motifs is 2. The van der Waals surface area contributed by atoms with E-state index in [1.807, 2.05) is 0 Å². The average Bonchev–Trinajstić information content (AvgIpc) is 2.81. The molecule has 0 saturated heterocycles. The van der Waals surface area contributed by atoms with Gasteiger partial charge < -0.3 is 9.64 Å². The molecule has 0 bridgehead atoms. The molecule has 0 saturated carbocycles. The number of Topliss-reactive ketones (excluding diaryl/α,β-unsaturated/α-hetero) is 2. The summed E-state index contributed by atoms with van der Waals surface area (Å²) in [5.74, 6) is -0.955. The first-order valence-corrected chi connectivity index (χ1v) is 6.89. The zero-order valence-corrected chi connectivity index (χ0v) is 11.5. The lowest BCUT2D eigenvalue weighted by molar-refractivity contribution is 0.0460. The second kappa shape index (κ2) is 4.53. The van der Waals surface area contributed by atoms with Crippen molar-refractivity contribution < 1.29 is 19.1 Å². The summed E-state index contributed by atoms with van der Waals surface area (Å²) in [6, 6.07) is 12.6. The minimum absolute atomic E-state index is 0.105. The van der Waals surface area contributed by atoms with Gasteiger partial charge in [-0.2, -0.15) is 0 Å². The van der Waals surface area contributed by atoms with Gasteiger partial charge >= 0.3 is 5.97 Å². The number of cyclic esters (lactones) is 1. The second-order valence-electron chi connectivity index (χ2n) is 5.22. The molecular weight excluding hydrogens is 282 g/mol. The number of carbonyl (C=O) groups is 3. The number of carbonyl (C=O) groups excluding carboxylic acids is 3. The predicted octanol–water partition coefficient (Wildman–Crippen LogP) is 2.07. The number of rotatable bonds is 1. The van der Waals surface area contributed by atoms with Gasteiger partial charge in [0.25, 0.3) is 0 Å². The van der Waals surface area contributed by atoms with E-state index in [4.69, 9.17) is 4.74 Å². The Morgan fingerprint density at radius 3 is 2.00 bits per heavy atom. The molecule has 4 rings (SSSR count). The lowest BCUT2D eigenvalue weighted by Crippen LogP contribution is -2.47. The molecule has 0 N–H and O–H groups in total. The molecule has 0 atom stereocenters. The summed E-state index contributed by atoms with van der Waals surface area (Å²) in [6.45, 7) is -0.105. The van der Waals surface area contributed by atoms with Crippen LogP contribution in [0.1, 0.15) is 31.1 Å². The van der Waals surface area contributed by atoms with E-state index in [9.17, 15) is 14.4 Å². The highest BCUT2D eigenvalue weighted by Crippen LogP contribution is 2.33. The Kier molecular flexibility index (Phi) is 2.63. The summed E-state index contributed by atoms with van der Waals surface area (Å²) in [7, 11) is 0. The third-order valence-corrected chi connectivity index (χ3v) is 4.03. The van der Waals surface area contributed by atoms with Crippen LogP contribution in [0.2, 0.25) is 0 Å². The summed E-state index contributed by atoms with van der Waals surface area (Å²) in [5, 5.41) is 0. The molecule has 2 aromatic rings. The predicted molar refractivity (Wildman–Crippen MR) is 78.1 cm³/mol. The quantitative estimate of drug-likeness (QED) is 0.595. The van der Waals surface area contributed by atoms with E-state index in [0.29, 0.717) is 22.4 Å². The second-order valence-corrected chi connectivity index (χ2v) is 5.22. The maximum atomic E-state index is 12.6. The average molecular weight is 293 g/mol. The third kappa shape index (κ3) is 1.62. The van der Waals surface area contributed by atoms with Crippen molar-refractivity contribution in [2.24, 2.45) is 0 Å². The van der Waals surface area contributed by atoms with Gasteiger partial charge in [-0.15, -0.1) is 0 Å². The number of nitrogens with zero attached hydrogens (tertiary/aromatic N) is 1. The van der Waals surface area contributed by atoms with E-state index < -0.39 is 12.0 Å². The highest BCUT2D eigenvalue weighted by molar-refractivity contribution is 6.31. The molecule has 0 aromatic heterocycles. The van der Waals surface area contributed by atoms with Gasteiger partial charge in [-0.05, 0) is 12.1 Å². The van der Waals surface area contributed by atoms with Gasteiger partial charge in [0, 0.05) is 11.1 Å². The molecule has 0 fully saturated rings. The number of para-hydroxylation sites is 1. The molecule has 5 nitrogen and oxygen atoms in total. The van der Waals surface area contributed by atoms with Crippen molar-refractivity contribution in [3.63, 3.8) is 0 Å². The monoisotopic (exact) mass is 293 g/mol. The van der Waals surface area contributed by atoms with Crippen LogP contribution in [0.5, 0.6) is 0 Å². The van der Waals surface area contributed by atoms with E-state index in [2.05, 4.69) is 0 Å². The number of ketones is 2. The van der Waals surface area contributed by atoms with E-state index in [-0.39, 0.29) is 18.3 Å². The summed E-state index contributed by atoms with van der Waals surface area (Å²) in [4.78, 5) is 38.6. The van der Waals surface area contributed by atoms with E-state index >= 15 is 0 Å². The van der Waals surface area contributed by atoms with Gasteiger partial charge in [0.2, 0.25) is 0 Å². The topological polar surface area (TPSA) is 63.7 Å². The molecule has 1 heterocycles. The molecule has 22 heavy (non-hydrogen) atoms. The van der Waals surface area contributed by atoms with Gasteiger partial charge in [-0.1, -0.05) is 36.4 Å². The van der Waals surface area contributed by atoms with E-state index in [1.54, 1.807) is 53.4 Å². The first-order chi connectivity index (χ1) is 10.7. The maximum Gasteiger partial charge on any atom is 0.341 e. The van der Waals surface area contributed by atoms with Gasteiger partial charge in [-0.25, -0.2) is 4.79 Å². The molecule has 0 unspecified atom stereocenters. The van der Waals surface area contributed by atoms with E-state index in [1.165, 1.54) is 0 Å². The van der Waals surface area contributed by atoms with Gasteiger partial charge in [0.15, 0.2) is 24.3 Å². The van der Waals surface area contributed by atoms with Crippen LogP contribution in [0.15, 0.2) is 48.5 Å². The fourth-order valence-corrected chi connectivity index (χ4v) is 3.00. The largest absolute Gasteiger partial charge is 0.441 e. The van der Waals surface area contributed by atoms with Crippen LogP contribution in [0.25, 0.3) is 0 Å². The summed E-state index contributed by atoms with van der Waals surface area (Å²) >= 11 is 0. The van der Waals surface area contributed by atoms with Crippen molar-refractivity contribution in [3.8, 4) is 0 Å². The van der Waals surface area contributed by atoms with Crippen molar-refractivity contribution in [2.45, 2.75) is 6.04 Å². The molecule has 2 aromatic carbocycles. The van der Waals surface area contributed by atoms with Crippen LogP contribution in [0.4, 0.5) is 5.69 Å². The molecule has 1 aliphatic heterocycles. The number of hydrogen-bond acceptors (Lipinski definition) is 5. The fraction of sp³-hybridized carbons (Fsp3) is 0.118. The Balaban J connectivity index is 1.82. The van der Waals surface area contributed by atoms with E-state index in [0.717, 1.165) is 0 Å². The van der Waals surface area contributed by atoms with Gasteiger partial charge in [0.05, 0.1) is 11.3 Å². The van der Waals surface area contributed by atoms with Crippen LogP contribution in [-0.2, 0) is 4.74 Å². The Labute approximate surface area is 126 Å². The van der Waals surface area contributed by atoms with Crippen molar-refractivity contribution in [3.05, 3.63) is 65.2 Å². The van der Waals surface area contributed by atoms with Crippen molar-refractivity contribution in [1.82, 2.24) is 0 Å². The summed E-state index contributed by atoms with van der Waals surface area (Å²) in [6.07, 6.45) is 0. The molecule has 2 aliphatic rings.